The van der Waals surface area contributed by atoms with Gasteiger partial charge in [-0.2, -0.15) is 0 Å². The Morgan fingerprint density at radius 1 is 0.231 bits per heavy atom. The van der Waals surface area contributed by atoms with Gasteiger partial charge in [0.1, 0.15) is 0 Å². The van der Waals surface area contributed by atoms with Gasteiger partial charge in [0.25, 0.3) is 0 Å². The van der Waals surface area contributed by atoms with E-state index in [0.717, 1.165) is 0 Å². The molecule has 1 rings (SSSR count). The number of halogens is 1. The molecule has 0 heterocycles. The van der Waals surface area contributed by atoms with Crippen LogP contribution in [0.1, 0.15) is 77.0 Å². The molecule has 1 fully saturated rings. The van der Waals surface area contributed by atoms with E-state index in [1.54, 1.807) is 0 Å². The van der Waals surface area contributed by atoms with Crippen LogP contribution >= 0.6 is 17.0 Å². The average molecular weight is 249 g/mol. The molecule has 1 saturated carbocycles. The van der Waals surface area contributed by atoms with E-state index in [4.69, 9.17) is 0 Å². The van der Waals surface area contributed by atoms with Crippen molar-refractivity contribution in [1.29, 1.82) is 0 Å². The minimum atomic E-state index is 0. The maximum absolute atomic E-state index is 1.50. The Hall–Kier alpha value is 0.480. The molecule has 0 aromatic rings. The molecule has 0 bridgehead atoms. The third-order valence-electron chi connectivity index (χ3n) is 3.00. The minimum absolute atomic E-state index is 0. The molecule has 0 amide bonds. The van der Waals surface area contributed by atoms with Gasteiger partial charge in [-0.15, -0.1) is 17.0 Å². The van der Waals surface area contributed by atoms with Crippen LogP contribution < -0.4 is 0 Å². The third-order valence-corrected chi connectivity index (χ3v) is 3.00. The predicted octanol–water partition coefficient (Wildman–Crippen LogP) is 5.26. The van der Waals surface area contributed by atoms with E-state index in [-0.39, 0.29) is 17.0 Å². The molecule has 0 aromatic heterocycles. The predicted molar refractivity (Wildman–Crippen MR) is 65.7 cm³/mol. The molecule has 13 heavy (non-hydrogen) atoms. The Kier molecular flexibility index (Phi) is 11.0. The fourth-order valence-electron chi connectivity index (χ4n) is 2.12. The van der Waals surface area contributed by atoms with Crippen LogP contribution in [-0.2, 0) is 0 Å². The molecule has 1 heteroatoms. The lowest BCUT2D eigenvalue weighted by Crippen LogP contribution is -1.85. The maximum Gasteiger partial charge on any atom is -0.0533 e. The van der Waals surface area contributed by atoms with Crippen LogP contribution in [0.15, 0.2) is 0 Å². The summed E-state index contributed by atoms with van der Waals surface area (Å²) in [5.74, 6) is 0. The van der Waals surface area contributed by atoms with Gasteiger partial charge < -0.3 is 0 Å². The lowest BCUT2D eigenvalue weighted by Gasteiger charge is -2.05. The first-order valence-electron chi connectivity index (χ1n) is 6.00. The van der Waals surface area contributed by atoms with Crippen LogP contribution in [0.25, 0.3) is 0 Å². The van der Waals surface area contributed by atoms with Crippen molar-refractivity contribution in [3.63, 3.8) is 0 Å². The summed E-state index contributed by atoms with van der Waals surface area (Å²) in [5, 5.41) is 0. The van der Waals surface area contributed by atoms with Crippen LogP contribution in [0.2, 0.25) is 0 Å². The summed E-state index contributed by atoms with van der Waals surface area (Å²) in [5.41, 5.74) is 0. The SMILES string of the molecule is Br.C1CCCCCCCCCCC1. The smallest absolute Gasteiger partial charge is 0.0533 e. The Bertz CT molecular complexity index is 48.1. The monoisotopic (exact) mass is 248 g/mol. The third kappa shape index (κ3) is 8.80. The molecule has 0 nitrogen and oxygen atoms in total. The molecule has 0 aliphatic heterocycles. The fraction of sp³-hybridized carbons (Fsp3) is 1.00. The highest BCUT2D eigenvalue weighted by molar-refractivity contribution is 8.93. The molecule has 0 saturated heterocycles. The van der Waals surface area contributed by atoms with Crippen molar-refractivity contribution in [3.8, 4) is 0 Å². The molecule has 0 spiro atoms. The largest absolute Gasteiger partial charge is 0.114 e. The second-order valence-corrected chi connectivity index (χ2v) is 4.24. The van der Waals surface area contributed by atoms with Gasteiger partial charge in [0, 0.05) is 0 Å². The standard InChI is InChI=1S/C12H24.BrH/c1-2-4-6-8-10-12-11-9-7-5-3-1;/h1-12H2;1H. The van der Waals surface area contributed by atoms with Crippen molar-refractivity contribution in [2.45, 2.75) is 77.0 Å². The van der Waals surface area contributed by atoms with Crippen molar-refractivity contribution >= 4 is 17.0 Å². The maximum atomic E-state index is 1.50. The molecule has 0 unspecified atom stereocenters. The second-order valence-electron chi connectivity index (χ2n) is 4.24. The van der Waals surface area contributed by atoms with E-state index in [1.807, 2.05) is 0 Å². The van der Waals surface area contributed by atoms with Gasteiger partial charge in [0.15, 0.2) is 0 Å². The first-order valence-corrected chi connectivity index (χ1v) is 6.00. The molecule has 1 aliphatic carbocycles. The zero-order valence-electron chi connectivity index (χ0n) is 8.89. The van der Waals surface area contributed by atoms with E-state index < -0.39 is 0 Å². The van der Waals surface area contributed by atoms with E-state index in [9.17, 15) is 0 Å². The first kappa shape index (κ1) is 13.5. The number of hydrogen-bond donors (Lipinski definition) is 0. The van der Waals surface area contributed by atoms with Crippen LogP contribution in [0.4, 0.5) is 0 Å². The van der Waals surface area contributed by atoms with E-state index in [1.165, 1.54) is 77.0 Å². The van der Waals surface area contributed by atoms with Gasteiger partial charge in [-0.05, 0) is 0 Å². The Morgan fingerprint density at radius 3 is 0.385 bits per heavy atom. The lowest BCUT2D eigenvalue weighted by atomic mass is 10.0. The van der Waals surface area contributed by atoms with Crippen molar-refractivity contribution in [2.75, 3.05) is 0 Å². The van der Waals surface area contributed by atoms with E-state index in [0.29, 0.717) is 0 Å². The molecule has 80 valence electrons. The van der Waals surface area contributed by atoms with Crippen LogP contribution in [-0.4, -0.2) is 0 Å². The molecule has 0 radical (unpaired) electrons. The molecule has 1 aliphatic rings. The highest BCUT2D eigenvalue weighted by Crippen LogP contribution is 2.15. The van der Waals surface area contributed by atoms with Crippen molar-refractivity contribution in [2.24, 2.45) is 0 Å². The van der Waals surface area contributed by atoms with E-state index in [2.05, 4.69) is 0 Å². The molecular formula is C12H25Br. The lowest BCUT2D eigenvalue weighted by molar-refractivity contribution is 0.504. The van der Waals surface area contributed by atoms with Gasteiger partial charge in [0.2, 0.25) is 0 Å². The first-order chi connectivity index (χ1) is 6.00. The van der Waals surface area contributed by atoms with Crippen LogP contribution in [0, 0.1) is 0 Å². The normalized spacial score (nSPS) is 22.2. The average Bonchev–Trinajstić information content (AvgIpc) is 2.05. The second kappa shape index (κ2) is 10.6. The van der Waals surface area contributed by atoms with Crippen molar-refractivity contribution in [1.82, 2.24) is 0 Å². The zero-order valence-corrected chi connectivity index (χ0v) is 10.6. The summed E-state index contributed by atoms with van der Waals surface area (Å²) < 4.78 is 0. The molecular weight excluding hydrogens is 224 g/mol. The van der Waals surface area contributed by atoms with Crippen molar-refractivity contribution in [3.05, 3.63) is 0 Å². The summed E-state index contributed by atoms with van der Waals surface area (Å²) in [4.78, 5) is 0. The highest BCUT2D eigenvalue weighted by Gasteiger charge is 1.96. The highest BCUT2D eigenvalue weighted by atomic mass is 79.9. The topological polar surface area (TPSA) is 0 Å². The summed E-state index contributed by atoms with van der Waals surface area (Å²) in [7, 11) is 0. The molecule has 0 atom stereocenters. The van der Waals surface area contributed by atoms with Crippen LogP contribution in [0.5, 0.6) is 0 Å². The van der Waals surface area contributed by atoms with Gasteiger partial charge in [0.05, 0.1) is 0 Å². The fourth-order valence-corrected chi connectivity index (χ4v) is 2.12. The summed E-state index contributed by atoms with van der Waals surface area (Å²) >= 11 is 0. The summed E-state index contributed by atoms with van der Waals surface area (Å²) in [6.45, 7) is 0. The zero-order chi connectivity index (χ0) is 8.49. The number of rotatable bonds is 0. The minimum Gasteiger partial charge on any atom is -0.114 e. The van der Waals surface area contributed by atoms with Gasteiger partial charge in [-0.1, -0.05) is 77.0 Å². The molecule has 0 N–H and O–H groups in total. The number of hydrogen-bond acceptors (Lipinski definition) is 0. The summed E-state index contributed by atoms with van der Waals surface area (Å²) in [6.07, 6.45) is 18.0. The van der Waals surface area contributed by atoms with Crippen LogP contribution in [0.3, 0.4) is 0 Å². The van der Waals surface area contributed by atoms with Gasteiger partial charge >= 0.3 is 0 Å². The van der Waals surface area contributed by atoms with Gasteiger partial charge in [-0.25, -0.2) is 0 Å². The van der Waals surface area contributed by atoms with E-state index >= 15 is 0 Å². The Labute approximate surface area is 94.3 Å². The molecule has 0 aromatic carbocycles. The Morgan fingerprint density at radius 2 is 0.308 bits per heavy atom. The Balaban J connectivity index is 0.00000144. The van der Waals surface area contributed by atoms with Crippen molar-refractivity contribution < 1.29 is 0 Å². The quantitative estimate of drug-likeness (QED) is 0.549. The summed E-state index contributed by atoms with van der Waals surface area (Å²) in [6, 6.07) is 0. The van der Waals surface area contributed by atoms with Gasteiger partial charge in [-0.3, -0.25) is 0 Å².